The maximum absolute atomic E-state index is 12.7. The average molecular weight is 467 g/mol. The maximum Gasteiger partial charge on any atom is 0 e. The van der Waals surface area contributed by atoms with Crippen LogP contribution >= 0.6 is 0 Å². The minimum atomic E-state index is -5.76. The van der Waals surface area contributed by atoms with Crippen LogP contribution in [0.4, 0.5) is 26.3 Å². The predicted molar refractivity (Wildman–Crippen MR) is 54.1 cm³/mol. The number of nitrogens with zero attached hydrogens (tertiary/aromatic N) is 1. The molecule has 0 aliphatic carbocycles. The molecule has 128 valence electrons. The van der Waals surface area contributed by atoms with Gasteiger partial charge in [0.2, 0.25) is 0 Å². The number of alkyl halides is 7. The molecular formula is C10H17F6INNiO-. The summed E-state index contributed by atoms with van der Waals surface area (Å²) in [6.45, 7) is 4.11. The van der Waals surface area contributed by atoms with E-state index < -0.39 is 45.5 Å². The van der Waals surface area contributed by atoms with Crippen molar-refractivity contribution in [3.05, 3.63) is 0 Å². The van der Waals surface area contributed by atoms with Crippen molar-refractivity contribution < 1.29 is 69.4 Å². The molecule has 0 bridgehead atoms. The molecule has 0 heterocycles. The van der Waals surface area contributed by atoms with Gasteiger partial charge in [-0.05, 0) is 0 Å². The van der Waals surface area contributed by atoms with Crippen LogP contribution in [0.25, 0.3) is 0 Å². The van der Waals surface area contributed by atoms with Crippen LogP contribution in [0, 0.1) is 0 Å². The first-order chi connectivity index (χ1) is 8.43. The molecule has 1 unspecified atom stereocenters. The Balaban J connectivity index is 0. The van der Waals surface area contributed by atoms with Crippen molar-refractivity contribution in [3.8, 4) is 0 Å². The number of hydrogen-bond acceptors (Lipinski definition) is 2. The molecule has 1 atom stereocenters. The third kappa shape index (κ3) is 4.88. The van der Waals surface area contributed by atoms with Crippen LogP contribution in [0.15, 0.2) is 0 Å². The van der Waals surface area contributed by atoms with Gasteiger partial charge in [-0.1, -0.05) is 0 Å². The summed E-state index contributed by atoms with van der Waals surface area (Å²) in [4.78, 5) is 0. The molecule has 0 amide bonds. The van der Waals surface area contributed by atoms with E-state index in [0.717, 1.165) is 10.0 Å². The molecule has 0 saturated heterocycles. The average Bonchev–Trinajstić information content (AvgIpc) is 2.25. The van der Waals surface area contributed by atoms with Crippen molar-refractivity contribution in [3.63, 3.8) is 0 Å². The van der Waals surface area contributed by atoms with Crippen molar-refractivity contribution in [2.75, 3.05) is 11.0 Å². The molecule has 10 heteroatoms. The van der Waals surface area contributed by atoms with Gasteiger partial charge in [-0.15, -0.1) is 0 Å². The molecule has 0 fully saturated rings. The van der Waals surface area contributed by atoms with E-state index in [2.05, 4.69) is 0 Å². The zero-order valence-electron chi connectivity index (χ0n) is 11.1. The molecular weight excluding hydrogens is 450 g/mol. The first-order valence-electron chi connectivity index (χ1n) is 5.65. The Morgan fingerprint density at radius 2 is 1.45 bits per heavy atom. The molecule has 0 aromatic rings. The molecule has 0 spiro atoms. The smallest absolute Gasteiger partial charge is 0 e. The van der Waals surface area contributed by atoms with Crippen LogP contribution in [0.1, 0.15) is 27.2 Å². The summed E-state index contributed by atoms with van der Waals surface area (Å²) in [6.07, 6.45) is -10.8. The van der Waals surface area contributed by atoms with Gasteiger partial charge in [-0.3, -0.25) is 0 Å². The van der Waals surface area contributed by atoms with Gasteiger partial charge in [0.05, 0.1) is 0 Å². The summed E-state index contributed by atoms with van der Waals surface area (Å²) >= 11 is -0.971. The molecule has 0 aliphatic heterocycles. The van der Waals surface area contributed by atoms with E-state index in [1.165, 1.54) is 6.92 Å². The molecule has 0 rings (SSSR count). The van der Waals surface area contributed by atoms with Gasteiger partial charge < -0.3 is 0 Å². The SMILES string of the molecule is CCC[I-]N(CC)C(C)C(O)(C(F)(F)F)C(F)(F)F.[Ni]. The van der Waals surface area contributed by atoms with Gasteiger partial charge >= 0.3 is 118 Å². The Morgan fingerprint density at radius 3 is 1.70 bits per heavy atom. The standard InChI is InChI=1S/C10H17F6INO.Ni/c1-4-6-17-18(5-2)7(3)8(19,9(11,12)13)10(14,15)16;/h7,19H,4-6H2,1-3H3;/q-1;. The van der Waals surface area contributed by atoms with E-state index in [-0.39, 0.29) is 23.0 Å². The normalized spacial score (nSPS) is 15.3. The Hall–Kier alpha value is 0.724. The van der Waals surface area contributed by atoms with E-state index in [1.807, 2.05) is 0 Å². The Labute approximate surface area is 134 Å². The van der Waals surface area contributed by atoms with Gasteiger partial charge in [0.25, 0.3) is 0 Å². The summed E-state index contributed by atoms with van der Waals surface area (Å²) in [7, 11) is 0. The minimum absolute atomic E-state index is 0. The summed E-state index contributed by atoms with van der Waals surface area (Å²) in [5.74, 6) is 0. The molecule has 0 saturated carbocycles. The Kier molecular flexibility index (Phi) is 9.64. The fourth-order valence-corrected chi connectivity index (χ4v) is 4.07. The number of halogens is 7. The summed E-state index contributed by atoms with van der Waals surface area (Å²) in [5, 5.41) is 9.28. The number of aliphatic hydroxyl groups is 1. The van der Waals surface area contributed by atoms with Crippen LogP contribution in [-0.2, 0) is 16.5 Å². The quantitative estimate of drug-likeness (QED) is 0.195. The number of likely N-dealkylation sites (N-methyl/N-ethyl adjacent to an activating group) is 1. The van der Waals surface area contributed by atoms with Gasteiger partial charge in [0.15, 0.2) is 0 Å². The second kappa shape index (κ2) is 8.38. The monoisotopic (exact) mass is 466 g/mol. The van der Waals surface area contributed by atoms with Crippen LogP contribution in [-0.4, -0.2) is 43.2 Å². The Morgan fingerprint density at radius 1 is 1.05 bits per heavy atom. The van der Waals surface area contributed by atoms with E-state index in [0.29, 0.717) is 10.8 Å². The molecule has 20 heavy (non-hydrogen) atoms. The largest absolute Gasteiger partial charge is 0 e. The molecule has 1 N–H and O–H groups in total. The second-order valence-corrected chi connectivity index (χ2v) is 6.96. The zero-order valence-corrected chi connectivity index (χ0v) is 14.2. The fourth-order valence-electron chi connectivity index (χ4n) is 1.49. The fraction of sp³-hybridized carbons (Fsp3) is 1.00. The van der Waals surface area contributed by atoms with Crippen molar-refractivity contribution in [1.29, 1.82) is 0 Å². The van der Waals surface area contributed by atoms with Crippen molar-refractivity contribution in [2.24, 2.45) is 0 Å². The summed E-state index contributed by atoms with van der Waals surface area (Å²) in [6, 6.07) is -2.04. The number of hydrogen-bond donors (Lipinski definition) is 1. The summed E-state index contributed by atoms with van der Waals surface area (Å²) in [5.41, 5.74) is -4.69. The minimum Gasteiger partial charge on any atom is 0 e. The summed E-state index contributed by atoms with van der Waals surface area (Å²) < 4.78 is 77.8. The van der Waals surface area contributed by atoms with Crippen molar-refractivity contribution in [1.82, 2.24) is 3.11 Å². The third-order valence-electron chi connectivity index (χ3n) is 2.62. The molecule has 0 radical (unpaired) electrons. The molecule has 0 aliphatic rings. The van der Waals surface area contributed by atoms with Crippen molar-refractivity contribution >= 4 is 0 Å². The molecule has 0 aromatic carbocycles. The van der Waals surface area contributed by atoms with E-state index in [1.54, 1.807) is 6.92 Å². The molecule has 0 aromatic heterocycles. The maximum atomic E-state index is 12.7. The van der Waals surface area contributed by atoms with Crippen molar-refractivity contribution in [2.45, 2.75) is 51.2 Å². The molecule has 2 nitrogen and oxygen atoms in total. The number of rotatable bonds is 6. The van der Waals surface area contributed by atoms with E-state index in [9.17, 15) is 31.4 Å². The van der Waals surface area contributed by atoms with Crippen LogP contribution < -0.4 is 21.5 Å². The van der Waals surface area contributed by atoms with Gasteiger partial charge in [0, 0.05) is 16.5 Å². The van der Waals surface area contributed by atoms with Gasteiger partial charge in [-0.2, -0.15) is 0 Å². The van der Waals surface area contributed by atoms with Crippen LogP contribution in [0.5, 0.6) is 0 Å². The van der Waals surface area contributed by atoms with E-state index in [4.69, 9.17) is 0 Å². The zero-order chi connectivity index (χ0) is 15.5. The second-order valence-electron chi connectivity index (χ2n) is 3.96. The van der Waals surface area contributed by atoms with Crippen LogP contribution in [0.2, 0.25) is 0 Å². The third-order valence-corrected chi connectivity index (χ3v) is 6.57. The van der Waals surface area contributed by atoms with Gasteiger partial charge in [-0.25, -0.2) is 0 Å². The van der Waals surface area contributed by atoms with E-state index >= 15 is 0 Å². The van der Waals surface area contributed by atoms with Gasteiger partial charge in [0.1, 0.15) is 0 Å². The first kappa shape index (κ1) is 23.0. The Bertz CT molecular complexity index is 272. The predicted octanol–water partition coefficient (Wildman–Crippen LogP) is -0.0360. The first-order valence-corrected chi connectivity index (χ1v) is 8.14. The topological polar surface area (TPSA) is 23.5 Å². The van der Waals surface area contributed by atoms with Crippen LogP contribution in [0.3, 0.4) is 0 Å².